The fraction of sp³-hybridized carbons (Fsp3) is 0.370. The average Bonchev–Trinajstić information content (AvgIpc) is 3.63. The molecule has 2 unspecified atom stereocenters. The Hall–Kier alpha value is -4.71. The number of anilines is 1. The van der Waals surface area contributed by atoms with Gasteiger partial charge in [0.15, 0.2) is 34.6 Å². The van der Waals surface area contributed by atoms with Crippen LogP contribution in [0.3, 0.4) is 0 Å². The standard InChI is InChI=1S/C27H31N9O15P2/c1-10-3-12-13(4-11(10)2)35(24-18(32-12)25(42)34-27(43)33-24)5-14(37)19(39)15(38)6-48-52(44,45)51-53(46,47)49-7-16-20(40)21(41)26(50-16)36-9-31-17-22(28)29-8-30-23(17)36/h3-4,8-9,14-15,19,21,26,37-39,41H,5-7H2,1-2H3,(H6,28,29,30,34,40,42,43,44,45,46,47)/p+1/t14-,15+,19-,21+,26+/m0/s1. The largest absolute Gasteiger partial charge is 0.506 e. The second kappa shape index (κ2) is 14.3. The van der Waals surface area contributed by atoms with Gasteiger partial charge in [0.25, 0.3) is 5.56 Å². The lowest BCUT2D eigenvalue weighted by Gasteiger charge is -2.23. The van der Waals surface area contributed by atoms with E-state index in [0.29, 0.717) is 11.0 Å². The monoisotopic (exact) mass is 784 g/mol. The van der Waals surface area contributed by atoms with Gasteiger partial charge in [0, 0.05) is 0 Å². The predicted octanol–water partition coefficient (Wildman–Crippen LogP) is -1.92. The first kappa shape index (κ1) is 38.0. The number of imidazole rings is 1. The minimum Gasteiger partial charge on any atom is -0.506 e. The maximum atomic E-state index is 12.5. The van der Waals surface area contributed by atoms with Gasteiger partial charge in [-0.2, -0.15) is 9.29 Å². The number of rotatable bonds is 13. The summed E-state index contributed by atoms with van der Waals surface area (Å²) in [5.41, 5.74) is 6.21. The van der Waals surface area contributed by atoms with Gasteiger partial charge in [0.1, 0.15) is 55.2 Å². The first-order valence-corrected chi connectivity index (χ1v) is 18.2. The quantitative estimate of drug-likeness (QED) is 0.0353. The number of nitrogens with zero attached hydrogens (tertiary/aromatic N) is 6. The summed E-state index contributed by atoms with van der Waals surface area (Å²) in [6.45, 7) is 0.717. The number of fused-ring (bicyclic) bond motifs is 3. The van der Waals surface area contributed by atoms with Crippen molar-refractivity contribution in [2.45, 2.75) is 51.0 Å². The highest BCUT2D eigenvalue weighted by Gasteiger charge is 2.42. The number of nitrogen functional groups attached to an aromatic ring is 1. The van der Waals surface area contributed by atoms with Crippen LogP contribution >= 0.6 is 15.6 Å². The van der Waals surface area contributed by atoms with Crippen LogP contribution in [-0.4, -0.2) is 107 Å². The molecule has 0 spiro atoms. The fourth-order valence-corrected chi connectivity index (χ4v) is 7.41. The van der Waals surface area contributed by atoms with Crippen molar-refractivity contribution >= 4 is 54.8 Å². The fourth-order valence-electron chi connectivity index (χ4n) is 5.37. The predicted molar refractivity (Wildman–Crippen MR) is 176 cm³/mol. The Balaban J connectivity index is 1.08. The van der Waals surface area contributed by atoms with Crippen LogP contribution in [0, 0.1) is 13.8 Å². The topological polar surface area (TPSA) is 365 Å². The van der Waals surface area contributed by atoms with Crippen LogP contribution < -0.4 is 21.5 Å². The first-order chi connectivity index (χ1) is 24.9. The highest BCUT2D eigenvalue weighted by atomic mass is 31.3. The van der Waals surface area contributed by atoms with Crippen LogP contribution in [0.5, 0.6) is 0 Å². The number of hydrogen-bond donors (Lipinski definition) is 10. The number of nitrogens with two attached hydrogens (primary N) is 1. The third-order valence-electron chi connectivity index (χ3n) is 8.17. The molecule has 26 heteroatoms. The van der Waals surface area contributed by atoms with E-state index in [2.05, 4.69) is 43.3 Å². The molecule has 53 heavy (non-hydrogen) atoms. The van der Waals surface area contributed by atoms with E-state index in [4.69, 9.17) is 10.5 Å². The van der Waals surface area contributed by atoms with E-state index >= 15 is 0 Å². The molecule has 0 bridgehead atoms. The second-order valence-corrected chi connectivity index (χ2v) is 14.9. The lowest BCUT2D eigenvalue weighted by atomic mass is 10.1. The molecule has 1 aromatic carbocycles. The summed E-state index contributed by atoms with van der Waals surface area (Å²) < 4.78 is 46.4. The number of benzene rings is 1. The highest BCUT2D eigenvalue weighted by Crippen LogP contribution is 2.60. The Kier molecular flexibility index (Phi) is 10.2. The Morgan fingerprint density at radius 2 is 1.72 bits per heavy atom. The van der Waals surface area contributed by atoms with Crippen molar-refractivity contribution in [2.24, 2.45) is 0 Å². The molecule has 0 amide bonds. The van der Waals surface area contributed by atoms with E-state index in [9.17, 15) is 54.0 Å². The summed E-state index contributed by atoms with van der Waals surface area (Å²) in [6.07, 6.45) is -6.95. The Labute approximate surface area is 294 Å². The van der Waals surface area contributed by atoms with Crippen molar-refractivity contribution in [3.8, 4) is 0 Å². The number of aromatic amines is 2. The zero-order chi connectivity index (χ0) is 38.6. The van der Waals surface area contributed by atoms with Crippen molar-refractivity contribution in [1.82, 2.24) is 34.5 Å². The third kappa shape index (κ3) is 7.69. The third-order valence-corrected chi connectivity index (χ3v) is 10.8. The Morgan fingerprint density at radius 3 is 2.45 bits per heavy atom. The molecule has 284 valence electrons. The molecule has 6 rings (SSSR count). The van der Waals surface area contributed by atoms with Gasteiger partial charge in [-0.05, 0) is 37.1 Å². The summed E-state index contributed by atoms with van der Waals surface area (Å²) in [5.74, 6) is -1.38. The van der Waals surface area contributed by atoms with Crippen LogP contribution in [0.25, 0.3) is 33.4 Å². The molecule has 11 N–H and O–H groups in total. The molecule has 1 aliphatic heterocycles. The molecule has 0 fully saturated rings. The van der Waals surface area contributed by atoms with Gasteiger partial charge in [-0.25, -0.2) is 38.4 Å². The molecule has 1 aliphatic rings. The molecular weight excluding hydrogens is 752 g/mol. The van der Waals surface area contributed by atoms with Crippen molar-refractivity contribution in [3.63, 3.8) is 0 Å². The van der Waals surface area contributed by atoms with E-state index < -0.39 is 88.8 Å². The van der Waals surface area contributed by atoms with E-state index in [1.807, 2.05) is 0 Å². The van der Waals surface area contributed by atoms with Gasteiger partial charge in [-0.1, -0.05) is 0 Å². The van der Waals surface area contributed by atoms with Gasteiger partial charge in [-0.3, -0.25) is 23.4 Å². The number of nitrogens with one attached hydrogen (secondary N) is 2. The molecule has 0 aliphatic carbocycles. The maximum Gasteiger partial charge on any atom is 0.481 e. The Morgan fingerprint density at radius 1 is 1.02 bits per heavy atom. The summed E-state index contributed by atoms with van der Waals surface area (Å²) >= 11 is 0. The summed E-state index contributed by atoms with van der Waals surface area (Å²) in [7, 11) is -11.1. The highest BCUT2D eigenvalue weighted by molar-refractivity contribution is 7.61. The molecule has 24 nitrogen and oxygen atoms in total. The van der Waals surface area contributed by atoms with Crippen molar-refractivity contribution in [3.05, 3.63) is 68.3 Å². The molecular formula is C27H32N9O15P2+. The van der Waals surface area contributed by atoms with Crippen molar-refractivity contribution in [2.75, 3.05) is 18.9 Å². The van der Waals surface area contributed by atoms with Crippen LogP contribution in [0.2, 0.25) is 0 Å². The van der Waals surface area contributed by atoms with Gasteiger partial charge >= 0.3 is 27.0 Å². The molecule has 7 atom stereocenters. The zero-order valence-electron chi connectivity index (χ0n) is 27.4. The lowest BCUT2D eigenvalue weighted by molar-refractivity contribution is -0.657. The van der Waals surface area contributed by atoms with Gasteiger partial charge in [-0.15, -0.1) is 0 Å². The summed E-state index contributed by atoms with van der Waals surface area (Å²) in [6, 6.07) is 3.32. The Bertz CT molecular complexity index is 2490. The number of ether oxygens (including phenoxy) is 1. The van der Waals surface area contributed by atoms with Crippen molar-refractivity contribution in [1.29, 1.82) is 0 Å². The van der Waals surface area contributed by atoms with Crippen LogP contribution in [0.4, 0.5) is 5.82 Å². The molecule has 0 radical (unpaired) electrons. The molecule has 5 aromatic rings. The smallest absolute Gasteiger partial charge is 0.481 e. The zero-order valence-corrected chi connectivity index (χ0v) is 29.2. The number of H-pyrrole nitrogens is 2. The number of aliphatic hydroxyl groups excluding tert-OH is 5. The van der Waals surface area contributed by atoms with Crippen LogP contribution in [-0.2, 0) is 33.8 Å². The number of aromatic nitrogens is 8. The van der Waals surface area contributed by atoms with E-state index in [0.717, 1.165) is 17.5 Å². The summed E-state index contributed by atoms with van der Waals surface area (Å²) in [5, 5.41) is 52.9. The minimum absolute atomic E-state index is 0.0169. The number of aliphatic hydroxyl groups is 5. The lowest BCUT2D eigenvalue weighted by Crippen LogP contribution is -2.51. The van der Waals surface area contributed by atoms with E-state index in [1.165, 1.54) is 15.5 Å². The second-order valence-electron chi connectivity index (χ2n) is 11.8. The number of aryl methyl sites for hydroxylation is 2. The van der Waals surface area contributed by atoms with Crippen molar-refractivity contribution < 1.29 is 67.1 Å². The van der Waals surface area contributed by atoms with Gasteiger partial charge in [0.2, 0.25) is 11.7 Å². The summed E-state index contributed by atoms with van der Waals surface area (Å²) in [4.78, 5) is 65.3. The van der Waals surface area contributed by atoms with Gasteiger partial charge in [0.05, 0.1) is 6.61 Å². The molecule has 0 saturated heterocycles. The molecule has 4 aromatic heterocycles. The van der Waals surface area contributed by atoms with E-state index in [1.54, 1.807) is 26.0 Å². The maximum absolute atomic E-state index is 12.5. The van der Waals surface area contributed by atoms with Crippen LogP contribution in [0.15, 0.2) is 45.9 Å². The number of phosphoric ester groups is 2. The van der Waals surface area contributed by atoms with E-state index in [-0.39, 0.29) is 28.1 Å². The number of phosphoric acid groups is 2. The van der Waals surface area contributed by atoms with Gasteiger partial charge < -0.3 is 45.8 Å². The van der Waals surface area contributed by atoms with Crippen LogP contribution in [0.1, 0.15) is 17.4 Å². The first-order valence-electron chi connectivity index (χ1n) is 15.2. The minimum atomic E-state index is -5.55. The SMILES string of the molecule is Cc1cc2nc3c(=O)[nH]c(=O)[nH]c3[n+](C[C@H](O)[C@H](O)[C@H](O)COP(=O)(O)OP(=O)(O)OCC3=C(O)[C@@H](O)[C@H](n4cnc5c(N)ncnc54)O3)c2cc1C. The molecule has 5 heterocycles. The molecule has 0 saturated carbocycles. The number of hydrogen-bond acceptors (Lipinski definition) is 18. The normalized spacial score (nSPS) is 20.4. The average molecular weight is 785 g/mol.